The van der Waals surface area contributed by atoms with E-state index in [1.807, 2.05) is 6.07 Å². The van der Waals surface area contributed by atoms with Crippen molar-refractivity contribution in [3.8, 4) is 33.4 Å². The van der Waals surface area contributed by atoms with Gasteiger partial charge in [-0.25, -0.2) is 0 Å². The molecule has 0 bridgehead atoms. The third-order valence-corrected chi connectivity index (χ3v) is 13.1. The molecule has 0 spiro atoms. The lowest BCUT2D eigenvalue weighted by Gasteiger charge is -2.35. The van der Waals surface area contributed by atoms with E-state index in [1.165, 1.54) is 93.2 Å². The van der Waals surface area contributed by atoms with Crippen molar-refractivity contribution in [1.82, 2.24) is 0 Å². The van der Waals surface area contributed by atoms with Crippen LogP contribution >= 0.6 is 0 Å². The summed E-state index contributed by atoms with van der Waals surface area (Å²) in [7, 11) is 0. The molecule has 11 aromatic carbocycles. The third kappa shape index (κ3) is 4.20. The van der Waals surface area contributed by atoms with Crippen LogP contribution < -0.4 is 0 Å². The van der Waals surface area contributed by atoms with Gasteiger partial charge in [-0.3, -0.25) is 0 Å². The second-order valence-electron chi connectivity index (χ2n) is 15.9. The van der Waals surface area contributed by atoms with Crippen molar-refractivity contribution >= 4 is 65.0 Å². The number of para-hydroxylation sites is 1. The highest BCUT2D eigenvalue weighted by Gasteiger charge is 2.48. The van der Waals surface area contributed by atoms with Gasteiger partial charge in [-0.15, -0.1) is 0 Å². The fraction of sp³-hybridized carbons (Fsp3) is 0.0175. The Labute approximate surface area is 335 Å². The van der Waals surface area contributed by atoms with E-state index in [1.54, 1.807) is 0 Å². The monoisotopic (exact) mass is 734 g/mol. The Balaban J connectivity index is 1.17. The highest BCUT2D eigenvalue weighted by Crippen LogP contribution is 2.61. The molecule has 0 saturated heterocycles. The Hall–Kier alpha value is -7.48. The highest BCUT2D eigenvalue weighted by molar-refractivity contribution is 6.25. The molecule has 0 atom stereocenters. The molecule has 12 aromatic rings. The lowest BCUT2D eigenvalue weighted by Crippen LogP contribution is -2.28. The molecule has 0 radical (unpaired) electrons. The van der Waals surface area contributed by atoms with Gasteiger partial charge in [-0.1, -0.05) is 176 Å². The molecule has 0 unspecified atom stereocenters. The maximum Gasteiger partial charge on any atom is 0.136 e. The zero-order valence-electron chi connectivity index (χ0n) is 31.5. The standard InChI is InChI=1S/C57H34O/c1-3-14-41(15-4-1)57(42-16-5-2-6-17-42)50-20-9-7-19-47(50)55-48(40-28-30-45-44-18-8-10-21-51(44)58-52(45)34-40)32-39-25-24-38(33-49(39)56(55)57)43-29-26-37-23-22-35-12-11-13-36-27-31-46(43)54(37)53(35)36/h1-34H. The molecule has 1 aliphatic carbocycles. The summed E-state index contributed by atoms with van der Waals surface area (Å²) in [6, 6.07) is 76.6. The Kier molecular flexibility index (Phi) is 6.43. The van der Waals surface area contributed by atoms with Crippen molar-refractivity contribution in [2.24, 2.45) is 0 Å². The lowest BCUT2D eigenvalue weighted by atomic mass is 9.66. The van der Waals surface area contributed by atoms with Crippen molar-refractivity contribution < 1.29 is 4.42 Å². The van der Waals surface area contributed by atoms with Crippen LogP contribution in [0.15, 0.2) is 211 Å². The van der Waals surface area contributed by atoms with E-state index in [0.717, 1.165) is 27.5 Å². The normalized spacial score (nSPS) is 13.3. The van der Waals surface area contributed by atoms with Gasteiger partial charge in [0.1, 0.15) is 11.2 Å². The average Bonchev–Trinajstić information content (AvgIpc) is 3.82. The van der Waals surface area contributed by atoms with Gasteiger partial charge in [0.05, 0.1) is 5.41 Å². The first kappa shape index (κ1) is 31.7. The quantitative estimate of drug-likeness (QED) is 0.164. The largest absolute Gasteiger partial charge is 0.456 e. The minimum absolute atomic E-state index is 0.576. The van der Waals surface area contributed by atoms with Gasteiger partial charge in [0.2, 0.25) is 0 Å². The van der Waals surface area contributed by atoms with Gasteiger partial charge in [0.15, 0.2) is 0 Å². The molecule has 0 amide bonds. The SMILES string of the molecule is c1ccc(C2(c3ccccc3)c3ccccc3-c3c(-c4ccc5c(c4)oc4ccccc45)cc4ccc(-c5ccc6ccc7cccc8ccc5c6c78)cc4c32)cc1. The number of hydrogen-bond donors (Lipinski definition) is 0. The Morgan fingerprint density at radius 2 is 0.931 bits per heavy atom. The van der Waals surface area contributed by atoms with Crippen LogP contribution in [0, 0.1) is 0 Å². The number of hydrogen-bond acceptors (Lipinski definition) is 1. The maximum atomic E-state index is 6.51. The van der Waals surface area contributed by atoms with Gasteiger partial charge in [-0.2, -0.15) is 0 Å². The number of benzene rings is 11. The maximum absolute atomic E-state index is 6.51. The summed E-state index contributed by atoms with van der Waals surface area (Å²) in [5.74, 6) is 0. The third-order valence-electron chi connectivity index (χ3n) is 13.1. The fourth-order valence-electron chi connectivity index (χ4n) is 10.6. The molecular weight excluding hydrogens is 701 g/mol. The minimum Gasteiger partial charge on any atom is -0.456 e. The summed E-state index contributed by atoms with van der Waals surface area (Å²) in [5.41, 5.74) is 13.7. The van der Waals surface area contributed by atoms with Crippen LogP contribution in [0.25, 0.3) is 98.4 Å². The molecule has 1 aliphatic rings. The second-order valence-corrected chi connectivity index (χ2v) is 15.9. The van der Waals surface area contributed by atoms with Crippen molar-refractivity contribution in [3.63, 3.8) is 0 Å². The number of furan rings is 1. The van der Waals surface area contributed by atoms with Crippen LogP contribution in [0.5, 0.6) is 0 Å². The molecular formula is C57H34O. The first-order valence-corrected chi connectivity index (χ1v) is 20.2. The summed E-state index contributed by atoms with van der Waals surface area (Å²) >= 11 is 0. The van der Waals surface area contributed by atoms with Crippen LogP contribution in [-0.4, -0.2) is 0 Å². The van der Waals surface area contributed by atoms with Crippen molar-refractivity contribution in [1.29, 1.82) is 0 Å². The molecule has 0 N–H and O–H groups in total. The summed E-state index contributed by atoms with van der Waals surface area (Å²) in [6.45, 7) is 0. The van der Waals surface area contributed by atoms with Gasteiger partial charge in [0.25, 0.3) is 0 Å². The van der Waals surface area contributed by atoms with Crippen LogP contribution in [0.3, 0.4) is 0 Å². The summed E-state index contributed by atoms with van der Waals surface area (Å²) < 4.78 is 6.51. The van der Waals surface area contributed by atoms with E-state index in [4.69, 9.17) is 4.42 Å². The minimum atomic E-state index is -0.576. The predicted octanol–water partition coefficient (Wildman–Crippen LogP) is 15.3. The van der Waals surface area contributed by atoms with Gasteiger partial charge in [-0.05, 0) is 129 Å². The molecule has 1 heterocycles. The zero-order valence-corrected chi connectivity index (χ0v) is 31.5. The van der Waals surface area contributed by atoms with Gasteiger partial charge >= 0.3 is 0 Å². The first-order valence-electron chi connectivity index (χ1n) is 20.2. The number of fused-ring (bicyclic) bond motifs is 8. The van der Waals surface area contributed by atoms with Gasteiger partial charge < -0.3 is 4.42 Å². The predicted molar refractivity (Wildman–Crippen MR) is 243 cm³/mol. The van der Waals surface area contributed by atoms with E-state index >= 15 is 0 Å². The van der Waals surface area contributed by atoms with Crippen LogP contribution in [-0.2, 0) is 5.41 Å². The first-order chi connectivity index (χ1) is 28.8. The Morgan fingerprint density at radius 1 is 0.328 bits per heavy atom. The second kappa shape index (κ2) is 11.8. The van der Waals surface area contributed by atoms with Crippen molar-refractivity contribution in [3.05, 3.63) is 229 Å². The zero-order chi connectivity index (χ0) is 38.0. The van der Waals surface area contributed by atoms with Crippen LogP contribution in [0.1, 0.15) is 22.3 Å². The molecule has 0 saturated carbocycles. The van der Waals surface area contributed by atoms with Gasteiger partial charge in [0, 0.05) is 10.8 Å². The van der Waals surface area contributed by atoms with Crippen molar-refractivity contribution in [2.75, 3.05) is 0 Å². The summed E-state index contributed by atoms with van der Waals surface area (Å²) in [6.07, 6.45) is 0. The molecule has 1 nitrogen and oxygen atoms in total. The fourth-order valence-corrected chi connectivity index (χ4v) is 10.6. The van der Waals surface area contributed by atoms with Crippen LogP contribution in [0.2, 0.25) is 0 Å². The van der Waals surface area contributed by atoms with Crippen molar-refractivity contribution in [2.45, 2.75) is 5.41 Å². The lowest BCUT2D eigenvalue weighted by molar-refractivity contribution is 0.669. The van der Waals surface area contributed by atoms with E-state index in [2.05, 4.69) is 200 Å². The molecule has 13 rings (SSSR count). The molecule has 0 aliphatic heterocycles. The summed E-state index contributed by atoms with van der Waals surface area (Å²) in [5, 5.41) is 12.6. The Bertz CT molecular complexity index is 3550. The molecule has 268 valence electrons. The summed E-state index contributed by atoms with van der Waals surface area (Å²) in [4.78, 5) is 0. The topological polar surface area (TPSA) is 13.1 Å². The smallest absolute Gasteiger partial charge is 0.136 e. The Morgan fingerprint density at radius 3 is 1.74 bits per heavy atom. The highest BCUT2D eigenvalue weighted by atomic mass is 16.3. The van der Waals surface area contributed by atoms with E-state index < -0.39 is 5.41 Å². The number of rotatable bonds is 4. The molecule has 1 aromatic heterocycles. The molecule has 1 heteroatoms. The van der Waals surface area contributed by atoms with E-state index in [9.17, 15) is 0 Å². The van der Waals surface area contributed by atoms with E-state index in [-0.39, 0.29) is 0 Å². The average molecular weight is 735 g/mol. The molecule has 58 heavy (non-hydrogen) atoms. The van der Waals surface area contributed by atoms with Crippen LogP contribution in [0.4, 0.5) is 0 Å². The van der Waals surface area contributed by atoms with E-state index in [0.29, 0.717) is 0 Å². The molecule has 0 fully saturated rings.